The maximum absolute atomic E-state index is 11.8. The van der Waals surface area contributed by atoms with Gasteiger partial charge in [0, 0.05) is 5.69 Å². The van der Waals surface area contributed by atoms with E-state index < -0.39 is 0 Å². The van der Waals surface area contributed by atoms with Gasteiger partial charge in [-0.2, -0.15) is 0 Å². The van der Waals surface area contributed by atoms with Gasteiger partial charge in [-0.15, -0.1) is 0 Å². The molecule has 2 rings (SSSR count). The number of hydrogen-bond donors (Lipinski definition) is 1. The Hall–Kier alpha value is -2.29. The van der Waals surface area contributed by atoms with E-state index in [9.17, 15) is 4.79 Å². The van der Waals surface area contributed by atoms with Crippen LogP contribution in [0.2, 0.25) is 0 Å². The first kappa shape index (κ1) is 17.1. The minimum atomic E-state index is -0.381. The van der Waals surface area contributed by atoms with Crippen molar-refractivity contribution in [3.05, 3.63) is 64.7 Å². The molecule has 0 aromatic heterocycles. The van der Waals surface area contributed by atoms with Gasteiger partial charge in [0.15, 0.2) is 0 Å². The van der Waals surface area contributed by atoms with E-state index in [0.29, 0.717) is 6.61 Å². The normalized spacial score (nSPS) is 10.4. The molecule has 0 fully saturated rings. The third-order valence-electron chi connectivity index (χ3n) is 3.80. The lowest BCUT2D eigenvalue weighted by molar-refractivity contribution is 0.160. The molecule has 2 aromatic rings. The lowest BCUT2D eigenvalue weighted by Gasteiger charge is -2.11. The quantitative estimate of drug-likeness (QED) is 0.741. The largest absolute Gasteiger partial charge is 0.449 e. The molecule has 3 heteroatoms. The molecule has 122 valence electrons. The van der Waals surface area contributed by atoms with Gasteiger partial charge < -0.3 is 4.74 Å². The van der Waals surface area contributed by atoms with Crippen molar-refractivity contribution >= 4 is 11.8 Å². The summed E-state index contributed by atoms with van der Waals surface area (Å²) >= 11 is 0. The van der Waals surface area contributed by atoms with Gasteiger partial charge in [-0.1, -0.05) is 55.3 Å². The Kier molecular flexibility index (Phi) is 6.21. The van der Waals surface area contributed by atoms with Crippen LogP contribution in [0.25, 0.3) is 0 Å². The predicted octanol–water partition coefficient (Wildman–Crippen LogP) is 5.24. The topological polar surface area (TPSA) is 38.3 Å². The third kappa shape index (κ3) is 5.44. The molecule has 0 saturated carbocycles. The van der Waals surface area contributed by atoms with Crippen LogP contribution >= 0.6 is 0 Å². The molecule has 3 nitrogen and oxygen atoms in total. The van der Waals surface area contributed by atoms with E-state index in [1.807, 2.05) is 19.1 Å². The minimum absolute atomic E-state index is 0.381. The number of carbonyl (C=O) groups excluding carboxylic acids is 1. The molecule has 0 aliphatic carbocycles. The van der Waals surface area contributed by atoms with Crippen molar-refractivity contribution in [2.45, 2.75) is 40.0 Å². The maximum atomic E-state index is 11.8. The highest BCUT2D eigenvalue weighted by Gasteiger charge is 2.07. The number of anilines is 1. The summed E-state index contributed by atoms with van der Waals surface area (Å²) in [5.74, 6) is 0. The Morgan fingerprint density at radius 2 is 1.74 bits per heavy atom. The molecule has 2 aromatic carbocycles. The maximum Gasteiger partial charge on any atom is 0.411 e. The van der Waals surface area contributed by atoms with Crippen LogP contribution in [0.4, 0.5) is 10.5 Å². The van der Waals surface area contributed by atoms with Gasteiger partial charge in [0.2, 0.25) is 0 Å². The van der Waals surface area contributed by atoms with E-state index >= 15 is 0 Å². The van der Waals surface area contributed by atoms with Crippen molar-refractivity contribution in [2.75, 3.05) is 11.9 Å². The highest BCUT2D eigenvalue weighted by molar-refractivity contribution is 5.85. The molecule has 0 heterocycles. The Balaban J connectivity index is 2.03. The van der Waals surface area contributed by atoms with Gasteiger partial charge in [-0.05, 0) is 49.4 Å². The predicted molar refractivity (Wildman–Crippen MR) is 95.0 cm³/mol. The second kappa shape index (κ2) is 8.37. The van der Waals surface area contributed by atoms with Gasteiger partial charge in [-0.3, -0.25) is 5.32 Å². The average Bonchev–Trinajstić information content (AvgIpc) is 2.53. The summed E-state index contributed by atoms with van der Waals surface area (Å²) in [4.78, 5) is 11.8. The van der Waals surface area contributed by atoms with E-state index in [4.69, 9.17) is 4.74 Å². The van der Waals surface area contributed by atoms with E-state index in [2.05, 4.69) is 49.5 Å². The number of rotatable bonds is 6. The van der Waals surface area contributed by atoms with E-state index in [-0.39, 0.29) is 6.09 Å². The van der Waals surface area contributed by atoms with Gasteiger partial charge >= 0.3 is 6.09 Å². The van der Waals surface area contributed by atoms with Gasteiger partial charge in [-0.25, -0.2) is 4.79 Å². The summed E-state index contributed by atoms with van der Waals surface area (Å²) in [6, 6.07) is 14.7. The summed E-state index contributed by atoms with van der Waals surface area (Å²) < 4.78 is 5.16. The lowest BCUT2D eigenvalue weighted by atomic mass is 10.0. The minimum Gasteiger partial charge on any atom is -0.449 e. The number of benzene rings is 2. The molecule has 0 aliphatic heterocycles. The zero-order valence-electron chi connectivity index (χ0n) is 14.2. The van der Waals surface area contributed by atoms with Crippen LogP contribution in [0.3, 0.4) is 0 Å². The van der Waals surface area contributed by atoms with Crippen LogP contribution < -0.4 is 5.32 Å². The molecule has 0 saturated heterocycles. The summed E-state index contributed by atoms with van der Waals surface area (Å²) in [7, 11) is 0. The van der Waals surface area contributed by atoms with Crippen molar-refractivity contribution in [3.8, 4) is 0 Å². The van der Waals surface area contributed by atoms with Crippen LogP contribution in [0.1, 0.15) is 42.0 Å². The first-order valence-electron chi connectivity index (χ1n) is 8.17. The van der Waals surface area contributed by atoms with Crippen molar-refractivity contribution in [1.29, 1.82) is 0 Å². The highest BCUT2D eigenvalue weighted by Crippen LogP contribution is 2.20. The molecule has 1 amide bonds. The fourth-order valence-electron chi connectivity index (χ4n) is 2.31. The van der Waals surface area contributed by atoms with Crippen molar-refractivity contribution in [2.24, 2.45) is 0 Å². The number of amides is 1. The Morgan fingerprint density at radius 1 is 1.04 bits per heavy atom. The van der Waals surface area contributed by atoms with Gasteiger partial charge in [0.05, 0.1) is 6.61 Å². The number of hydrogen-bond acceptors (Lipinski definition) is 2. The highest BCUT2D eigenvalue weighted by atomic mass is 16.5. The van der Waals surface area contributed by atoms with Gasteiger partial charge in [0.25, 0.3) is 0 Å². The first-order chi connectivity index (χ1) is 11.1. The summed E-state index contributed by atoms with van der Waals surface area (Å²) in [6.07, 6.45) is 2.37. The number of aryl methyl sites for hydroxylation is 2. The molecule has 0 radical (unpaired) electrons. The number of unbranched alkanes of at least 4 members (excludes halogenated alkanes) is 1. The molecule has 0 bridgehead atoms. The van der Waals surface area contributed by atoms with Gasteiger partial charge in [0.1, 0.15) is 0 Å². The van der Waals surface area contributed by atoms with E-state index in [1.165, 1.54) is 16.7 Å². The molecule has 23 heavy (non-hydrogen) atoms. The van der Waals surface area contributed by atoms with Crippen LogP contribution in [0, 0.1) is 13.8 Å². The number of nitrogens with one attached hydrogen (secondary N) is 1. The molecule has 0 unspecified atom stereocenters. The molecule has 0 atom stereocenters. The smallest absolute Gasteiger partial charge is 0.411 e. The third-order valence-corrected chi connectivity index (χ3v) is 3.80. The number of ether oxygens (including phenoxy) is 1. The van der Waals surface area contributed by atoms with Crippen LogP contribution in [0.15, 0.2) is 42.5 Å². The van der Waals surface area contributed by atoms with E-state index in [0.717, 1.165) is 30.5 Å². The molecular formula is C20H25NO2. The fourth-order valence-corrected chi connectivity index (χ4v) is 2.31. The first-order valence-corrected chi connectivity index (χ1v) is 8.17. The monoisotopic (exact) mass is 311 g/mol. The Labute approximate surface area is 138 Å². The molecule has 0 aliphatic rings. The molecule has 1 N–H and O–H groups in total. The van der Waals surface area contributed by atoms with E-state index in [1.54, 1.807) is 0 Å². The Bertz CT molecular complexity index is 647. The second-order valence-electron chi connectivity index (χ2n) is 5.93. The summed E-state index contributed by atoms with van der Waals surface area (Å²) in [5, 5.41) is 2.84. The van der Waals surface area contributed by atoms with Crippen molar-refractivity contribution < 1.29 is 9.53 Å². The van der Waals surface area contributed by atoms with Crippen LogP contribution in [0.5, 0.6) is 0 Å². The zero-order chi connectivity index (χ0) is 16.7. The standard InChI is InChI=1S/C20H25NO2/c1-4-5-12-23-20(22)21-19-14-18(11-8-16(19)3)13-17-9-6-15(2)7-10-17/h6-11,14H,4-5,12-13H2,1-3H3,(H,21,22). The fraction of sp³-hybridized carbons (Fsp3) is 0.350. The molecule has 0 spiro atoms. The number of carbonyl (C=O) groups is 1. The SMILES string of the molecule is CCCCOC(=O)Nc1cc(Cc2ccc(C)cc2)ccc1C. The zero-order valence-corrected chi connectivity index (χ0v) is 14.2. The Morgan fingerprint density at radius 3 is 2.43 bits per heavy atom. The molecular weight excluding hydrogens is 286 g/mol. The van der Waals surface area contributed by atoms with Crippen molar-refractivity contribution in [1.82, 2.24) is 0 Å². The van der Waals surface area contributed by atoms with Crippen LogP contribution in [-0.2, 0) is 11.2 Å². The summed E-state index contributed by atoms with van der Waals surface area (Å²) in [6.45, 7) is 6.60. The van der Waals surface area contributed by atoms with Crippen molar-refractivity contribution in [3.63, 3.8) is 0 Å². The lowest BCUT2D eigenvalue weighted by Crippen LogP contribution is -2.15. The summed E-state index contributed by atoms with van der Waals surface area (Å²) in [5.41, 5.74) is 5.54. The second-order valence-corrected chi connectivity index (χ2v) is 5.93. The van der Waals surface area contributed by atoms with Crippen LogP contribution in [-0.4, -0.2) is 12.7 Å². The average molecular weight is 311 g/mol.